The molecule has 1 aromatic heterocycles. The molecule has 1 aromatic carbocycles. The number of fused-ring (bicyclic) bond motifs is 2. The lowest BCUT2D eigenvalue weighted by Gasteiger charge is -2.24. The number of piperidine rings is 1. The minimum Gasteiger partial charge on any atom is -0.378 e. The van der Waals surface area contributed by atoms with Crippen LogP contribution in [0, 0.1) is 5.92 Å². The predicted octanol–water partition coefficient (Wildman–Crippen LogP) is 3.95. The molecular weight excluding hydrogens is 276 g/mol. The molecule has 1 aliphatic carbocycles. The molecule has 0 amide bonds. The van der Waals surface area contributed by atoms with E-state index >= 15 is 0 Å². The van der Waals surface area contributed by atoms with E-state index in [-0.39, 0.29) is 0 Å². The fourth-order valence-corrected chi connectivity index (χ4v) is 5.21. The van der Waals surface area contributed by atoms with Gasteiger partial charge in [-0.25, -0.2) is 0 Å². The number of hydrogen-bond donors (Lipinski definition) is 0. The summed E-state index contributed by atoms with van der Waals surface area (Å²) in [6.45, 7) is 7.22. The van der Waals surface area contributed by atoms with Crippen LogP contribution >= 0.6 is 11.3 Å². The summed E-state index contributed by atoms with van der Waals surface area (Å²) in [5.74, 6) is 0.904. The van der Waals surface area contributed by atoms with Crippen LogP contribution in [0.5, 0.6) is 0 Å². The first-order chi connectivity index (χ1) is 9.99. The molecule has 0 N–H and O–H groups in total. The number of rotatable bonds is 3. The second-order valence-electron chi connectivity index (χ2n) is 7.31. The first kappa shape index (κ1) is 13.6. The first-order valence-electron chi connectivity index (χ1n) is 7.95. The molecular formula is C18H24N2S. The highest BCUT2D eigenvalue weighted by Crippen LogP contribution is 2.61. The summed E-state index contributed by atoms with van der Waals surface area (Å²) in [5.41, 5.74) is 1.79. The first-order valence-corrected chi connectivity index (χ1v) is 8.77. The molecule has 0 spiro atoms. The van der Waals surface area contributed by atoms with Crippen LogP contribution in [0.3, 0.4) is 0 Å². The average molecular weight is 300 g/mol. The lowest BCUT2D eigenvalue weighted by molar-refractivity contribution is 0.243. The van der Waals surface area contributed by atoms with Crippen molar-refractivity contribution < 1.29 is 0 Å². The van der Waals surface area contributed by atoms with Gasteiger partial charge in [-0.1, -0.05) is 6.07 Å². The molecule has 2 heterocycles. The van der Waals surface area contributed by atoms with Crippen LogP contribution in [-0.2, 0) is 5.41 Å². The van der Waals surface area contributed by atoms with Crippen LogP contribution in [0.2, 0.25) is 0 Å². The van der Waals surface area contributed by atoms with Crippen molar-refractivity contribution >= 4 is 27.1 Å². The Hall–Kier alpha value is -1.06. The monoisotopic (exact) mass is 300 g/mol. The molecule has 4 rings (SSSR count). The highest BCUT2D eigenvalue weighted by molar-refractivity contribution is 7.19. The van der Waals surface area contributed by atoms with E-state index in [0.717, 1.165) is 5.92 Å². The molecule has 0 bridgehead atoms. The number of benzene rings is 1. The lowest BCUT2D eigenvalue weighted by atomic mass is 10.0. The molecule has 2 nitrogen and oxygen atoms in total. The Balaban J connectivity index is 1.69. The van der Waals surface area contributed by atoms with Crippen molar-refractivity contribution in [2.45, 2.75) is 31.7 Å². The van der Waals surface area contributed by atoms with Crippen LogP contribution in [0.15, 0.2) is 24.3 Å². The summed E-state index contributed by atoms with van der Waals surface area (Å²) in [6, 6.07) is 10.0. The van der Waals surface area contributed by atoms with E-state index in [1.165, 1.54) is 35.3 Å². The smallest absolute Gasteiger partial charge is 0.0375 e. The highest BCUT2D eigenvalue weighted by atomic mass is 32.1. The van der Waals surface area contributed by atoms with Gasteiger partial charge in [0.1, 0.15) is 0 Å². The van der Waals surface area contributed by atoms with Gasteiger partial charge in [-0.05, 0) is 49.8 Å². The standard InChI is InChI=1S/C18H24N2S/c1-12(2)20-10-14-9-18(14,11-20)17-7-13-5-6-15(19(3)4)8-16(13)21-17/h5-8,12,14H,9-11H2,1-4H3. The van der Waals surface area contributed by atoms with E-state index in [4.69, 9.17) is 0 Å². The highest BCUT2D eigenvalue weighted by Gasteiger charge is 2.61. The van der Waals surface area contributed by atoms with Crippen molar-refractivity contribution in [3.05, 3.63) is 29.1 Å². The number of nitrogens with zero attached hydrogens (tertiary/aromatic N) is 2. The van der Waals surface area contributed by atoms with Gasteiger partial charge in [-0.3, -0.25) is 4.90 Å². The van der Waals surface area contributed by atoms with Gasteiger partial charge in [-0.2, -0.15) is 0 Å². The van der Waals surface area contributed by atoms with Gasteiger partial charge in [0.05, 0.1) is 0 Å². The topological polar surface area (TPSA) is 6.48 Å². The molecule has 1 aliphatic heterocycles. The van der Waals surface area contributed by atoms with Crippen LogP contribution in [0.25, 0.3) is 10.1 Å². The van der Waals surface area contributed by atoms with Gasteiger partial charge in [0.25, 0.3) is 0 Å². The maximum atomic E-state index is 2.66. The third-order valence-corrected chi connectivity index (χ3v) is 6.73. The van der Waals surface area contributed by atoms with Gasteiger partial charge in [-0.15, -0.1) is 11.3 Å². The van der Waals surface area contributed by atoms with Crippen LogP contribution in [0.1, 0.15) is 25.1 Å². The van der Waals surface area contributed by atoms with Gasteiger partial charge in [0, 0.05) is 53.9 Å². The average Bonchev–Trinajstić information content (AvgIpc) is 2.85. The number of anilines is 1. The van der Waals surface area contributed by atoms with E-state index in [2.05, 4.69) is 62.0 Å². The molecule has 21 heavy (non-hydrogen) atoms. The maximum absolute atomic E-state index is 2.66. The maximum Gasteiger partial charge on any atom is 0.0375 e. The van der Waals surface area contributed by atoms with Gasteiger partial charge in [0.15, 0.2) is 0 Å². The van der Waals surface area contributed by atoms with Crippen LogP contribution < -0.4 is 4.90 Å². The lowest BCUT2D eigenvalue weighted by Crippen LogP contribution is -2.32. The van der Waals surface area contributed by atoms with Gasteiger partial charge >= 0.3 is 0 Å². The van der Waals surface area contributed by atoms with E-state index < -0.39 is 0 Å². The van der Waals surface area contributed by atoms with E-state index in [1.54, 1.807) is 4.88 Å². The molecule has 3 heteroatoms. The largest absolute Gasteiger partial charge is 0.378 e. The quantitative estimate of drug-likeness (QED) is 0.847. The molecule has 0 radical (unpaired) electrons. The third-order valence-electron chi connectivity index (χ3n) is 5.41. The van der Waals surface area contributed by atoms with Gasteiger partial charge in [0.2, 0.25) is 0 Å². The molecule has 1 saturated heterocycles. The number of thiophene rings is 1. The third kappa shape index (κ3) is 2.01. The van der Waals surface area contributed by atoms with Crippen molar-refractivity contribution in [1.29, 1.82) is 0 Å². The van der Waals surface area contributed by atoms with Crippen molar-refractivity contribution in [2.75, 3.05) is 32.1 Å². The molecule has 2 unspecified atom stereocenters. The van der Waals surface area contributed by atoms with Crippen molar-refractivity contribution in [3.63, 3.8) is 0 Å². The van der Waals surface area contributed by atoms with Crippen LogP contribution in [-0.4, -0.2) is 38.1 Å². The van der Waals surface area contributed by atoms with Crippen molar-refractivity contribution in [2.24, 2.45) is 5.92 Å². The zero-order valence-corrected chi connectivity index (χ0v) is 14.2. The molecule has 2 aliphatic rings. The van der Waals surface area contributed by atoms with Crippen molar-refractivity contribution in [3.8, 4) is 0 Å². The molecule has 1 saturated carbocycles. The van der Waals surface area contributed by atoms with E-state index in [9.17, 15) is 0 Å². The Labute approximate surface area is 131 Å². The molecule has 112 valence electrons. The summed E-state index contributed by atoms with van der Waals surface area (Å²) in [6.07, 6.45) is 1.41. The SMILES string of the molecule is CC(C)N1CC2CC2(c2cc3ccc(N(C)C)cc3s2)C1. The predicted molar refractivity (Wildman–Crippen MR) is 92.6 cm³/mol. The summed E-state index contributed by atoms with van der Waals surface area (Å²) in [7, 11) is 4.23. The molecule has 2 atom stereocenters. The normalized spacial score (nSPS) is 28.3. The Morgan fingerprint density at radius 1 is 1.29 bits per heavy atom. The Morgan fingerprint density at radius 2 is 2.10 bits per heavy atom. The van der Waals surface area contributed by atoms with Gasteiger partial charge < -0.3 is 4.90 Å². The number of likely N-dealkylation sites (tertiary alicyclic amines) is 1. The Morgan fingerprint density at radius 3 is 2.76 bits per heavy atom. The summed E-state index contributed by atoms with van der Waals surface area (Å²) >= 11 is 2.03. The van der Waals surface area contributed by atoms with E-state index in [0.29, 0.717) is 11.5 Å². The van der Waals surface area contributed by atoms with E-state index in [1.807, 2.05) is 11.3 Å². The molecule has 2 fully saturated rings. The Bertz CT molecular complexity index is 688. The fraction of sp³-hybridized carbons (Fsp3) is 0.556. The second-order valence-corrected chi connectivity index (χ2v) is 8.39. The number of hydrogen-bond acceptors (Lipinski definition) is 3. The minimum absolute atomic E-state index is 0.492. The zero-order valence-electron chi connectivity index (χ0n) is 13.4. The summed E-state index contributed by atoms with van der Waals surface area (Å²) < 4.78 is 1.44. The second kappa shape index (κ2) is 4.47. The Kier molecular flexibility index (Phi) is 2.89. The minimum atomic E-state index is 0.492. The fourth-order valence-electron chi connectivity index (χ4n) is 3.84. The summed E-state index contributed by atoms with van der Waals surface area (Å²) in [5, 5.41) is 1.42. The van der Waals surface area contributed by atoms with Crippen LogP contribution in [0.4, 0.5) is 5.69 Å². The van der Waals surface area contributed by atoms with Crippen molar-refractivity contribution in [1.82, 2.24) is 4.90 Å². The summed E-state index contributed by atoms with van der Waals surface area (Å²) in [4.78, 5) is 6.47. The molecule has 2 aromatic rings. The zero-order chi connectivity index (χ0) is 14.8.